The number of nitrogens with one attached hydrogen (secondary N) is 1. The molecule has 3 heterocycles. The number of fused-ring (bicyclic) bond motifs is 2. The number of aromatic nitrogens is 5. The molecular weight excluding hydrogens is 348 g/mol. The molecule has 3 aromatic heterocycles. The average Bonchev–Trinajstić information content (AvgIpc) is 3.31. The second-order valence-corrected chi connectivity index (χ2v) is 7.46. The molecule has 0 saturated heterocycles. The SMILES string of the molecule is CCn1ncc2c1CCC(Nc1nc3c(-c4ccccc4C)cccn3n1)C2. The van der Waals surface area contributed by atoms with Crippen molar-refractivity contribution in [2.45, 2.75) is 45.7 Å². The summed E-state index contributed by atoms with van der Waals surface area (Å²) in [6, 6.07) is 12.9. The molecule has 6 heteroatoms. The van der Waals surface area contributed by atoms with E-state index in [2.05, 4.69) is 64.4 Å². The largest absolute Gasteiger partial charge is 0.350 e. The Kier molecular flexibility index (Phi) is 4.11. The Labute approximate surface area is 164 Å². The number of benzene rings is 1. The van der Waals surface area contributed by atoms with E-state index >= 15 is 0 Å². The van der Waals surface area contributed by atoms with Crippen molar-refractivity contribution < 1.29 is 0 Å². The van der Waals surface area contributed by atoms with E-state index in [4.69, 9.17) is 4.98 Å². The lowest BCUT2D eigenvalue weighted by atomic mass is 9.93. The molecule has 28 heavy (non-hydrogen) atoms. The van der Waals surface area contributed by atoms with Gasteiger partial charge >= 0.3 is 0 Å². The van der Waals surface area contributed by atoms with Crippen LogP contribution in [0, 0.1) is 6.92 Å². The quantitative estimate of drug-likeness (QED) is 0.590. The highest BCUT2D eigenvalue weighted by Gasteiger charge is 2.23. The van der Waals surface area contributed by atoms with Gasteiger partial charge in [0, 0.05) is 30.0 Å². The summed E-state index contributed by atoms with van der Waals surface area (Å²) in [6.45, 7) is 5.21. The number of aryl methyl sites for hydroxylation is 2. The summed E-state index contributed by atoms with van der Waals surface area (Å²) in [5.41, 5.74) is 7.15. The highest BCUT2D eigenvalue weighted by Crippen LogP contribution is 2.28. The Morgan fingerprint density at radius 1 is 1.14 bits per heavy atom. The Morgan fingerprint density at radius 2 is 2.00 bits per heavy atom. The van der Waals surface area contributed by atoms with E-state index in [-0.39, 0.29) is 0 Å². The van der Waals surface area contributed by atoms with E-state index < -0.39 is 0 Å². The van der Waals surface area contributed by atoms with E-state index in [1.807, 2.05) is 23.0 Å². The molecule has 0 spiro atoms. The lowest BCUT2D eigenvalue weighted by Crippen LogP contribution is -2.28. The molecule has 4 aromatic rings. The zero-order valence-electron chi connectivity index (χ0n) is 16.3. The van der Waals surface area contributed by atoms with Crippen molar-refractivity contribution in [3.8, 4) is 11.1 Å². The second kappa shape index (κ2) is 6.78. The van der Waals surface area contributed by atoms with Gasteiger partial charge in [-0.3, -0.25) is 4.68 Å². The van der Waals surface area contributed by atoms with E-state index in [1.54, 1.807) is 0 Å². The van der Waals surface area contributed by atoms with Gasteiger partial charge in [0.1, 0.15) is 0 Å². The number of pyridine rings is 1. The van der Waals surface area contributed by atoms with Crippen molar-refractivity contribution in [2.75, 3.05) is 5.32 Å². The number of rotatable bonds is 4. The molecule has 0 saturated carbocycles. The maximum atomic E-state index is 4.82. The van der Waals surface area contributed by atoms with Crippen LogP contribution in [0.4, 0.5) is 5.95 Å². The molecule has 1 atom stereocenters. The lowest BCUT2D eigenvalue weighted by Gasteiger charge is -2.23. The fourth-order valence-corrected chi connectivity index (χ4v) is 4.22. The Bertz CT molecular complexity index is 1140. The summed E-state index contributed by atoms with van der Waals surface area (Å²) in [6.07, 6.45) is 7.05. The summed E-state index contributed by atoms with van der Waals surface area (Å²) in [7, 11) is 0. The molecule has 1 unspecified atom stereocenters. The first-order valence-corrected chi connectivity index (χ1v) is 9.94. The normalized spacial score (nSPS) is 16.3. The van der Waals surface area contributed by atoms with Crippen LogP contribution in [0.5, 0.6) is 0 Å². The van der Waals surface area contributed by atoms with Gasteiger partial charge in [0.25, 0.3) is 0 Å². The van der Waals surface area contributed by atoms with E-state index in [0.29, 0.717) is 12.0 Å². The van der Waals surface area contributed by atoms with Crippen molar-refractivity contribution in [3.05, 3.63) is 65.6 Å². The van der Waals surface area contributed by atoms with Crippen LogP contribution >= 0.6 is 0 Å². The number of hydrogen-bond acceptors (Lipinski definition) is 4. The lowest BCUT2D eigenvalue weighted by molar-refractivity contribution is 0.552. The molecule has 0 bridgehead atoms. The van der Waals surface area contributed by atoms with Gasteiger partial charge in [0.05, 0.1) is 6.20 Å². The van der Waals surface area contributed by atoms with Crippen molar-refractivity contribution >= 4 is 11.6 Å². The van der Waals surface area contributed by atoms with Gasteiger partial charge in [0.15, 0.2) is 5.65 Å². The molecule has 5 rings (SSSR count). The fourth-order valence-electron chi connectivity index (χ4n) is 4.22. The van der Waals surface area contributed by atoms with E-state index in [0.717, 1.165) is 37.0 Å². The monoisotopic (exact) mass is 372 g/mol. The second-order valence-electron chi connectivity index (χ2n) is 7.46. The summed E-state index contributed by atoms with van der Waals surface area (Å²) in [4.78, 5) is 4.82. The highest BCUT2D eigenvalue weighted by atomic mass is 15.3. The van der Waals surface area contributed by atoms with Crippen LogP contribution in [-0.2, 0) is 19.4 Å². The number of anilines is 1. The van der Waals surface area contributed by atoms with Crippen LogP contribution in [0.1, 0.15) is 30.2 Å². The summed E-state index contributed by atoms with van der Waals surface area (Å²) >= 11 is 0. The van der Waals surface area contributed by atoms with Crippen LogP contribution < -0.4 is 5.32 Å². The van der Waals surface area contributed by atoms with Crippen LogP contribution in [-0.4, -0.2) is 30.4 Å². The van der Waals surface area contributed by atoms with Gasteiger partial charge in [-0.15, -0.1) is 5.10 Å². The van der Waals surface area contributed by atoms with Gasteiger partial charge < -0.3 is 5.32 Å². The molecule has 0 aliphatic heterocycles. The molecule has 1 aliphatic carbocycles. The minimum Gasteiger partial charge on any atom is -0.350 e. The van der Waals surface area contributed by atoms with Gasteiger partial charge in [-0.05, 0) is 61.9 Å². The van der Waals surface area contributed by atoms with Gasteiger partial charge in [0.2, 0.25) is 5.95 Å². The molecule has 0 amide bonds. The maximum Gasteiger partial charge on any atom is 0.243 e. The topological polar surface area (TPSA) is 60.0 Å². The standard InChI is InChI=1S/C22H24N6/c1-3-27-20-11-10-17(13-16(20)14-23-27)24-22-25-21-19(9-6-12-28(21)26-22)18-8-5-4-7-15(18)2/h4-9,12,14,17H,3,10-11,13H2,1-2H3,(H,24,26). The third kappa shape index (κ3) is 2.85. The average molecular weight is 372 g/mol. The van der Waals surface area contributed by atoms with Crippen LogP contribution in [0.15, 0.2) is 48.8 Å². The highest BCUT2D eigenvalue weighted by molar-refractivity contribution is 5.79. The molecule has 1 aliphatic rings. The molecule has 1 N–H and O–H groups in total. The molecule has 0 radical (unpaired) electrons. The zero-order chi connectivity index (χ0) is 19.1. The molecule has 6 nitrogen and oxygen atoms in total. The summed E-state index contributed by atoms with van der Waals surface area (Å²) in [5, 5.41) is 12.7. The minimum atomic E-state index is 0.335. The van der Waals surface area contributed by atoms with Gasteiger partial charge in [-0.1, -0.05) is 24.3 Å². The first-order valence-electron chi connectivity index (χ1n) is 9.94. The van der Waals surface area contributed by atoms with Crippen LogP contribution in [0.25, 0.3) is 16.8 Å². The number of hydrogen-bond donors (Lipinski definition) is 1. The Morgan fingerprint density at radius 3 is 2.86 bits per heavy atom. The predicted octanol–water partition coefficient (Wildman–Crippen LogP) is 3.89. The van der Waals surface area contributed by atoms with Crippen LogP contribution in [0.3, 0.4) is 0 Å². The smallest absolute Gasteiger partial charge is 0.243 e. The first kappa shape index (κ1) is 17.0. The van der Waals surface area contributed by atoms with E-state index in [9.17, 15) is 0 Å². The maximum absolute atomic E-state index is 4.82. The van der Waals surface area contributed by atoms with Crippen molar-refractivity contribution in [1.29, 1.82) is 0 Å². The third-order valence-electron chi connectivity index (χ3n) is 5.66. The fraction of sp³-hybridized carbons (Fsp3) is 0.318. The number of nitrogens with zero attached hydrogens (tertiary/aromatic N) is 5. The molecule has 142 valence electrons. The minimum absolute atomic E-state index is 0.335. The zero-order valence-corrected chi connectivity index (χ0v) is 16.3. The van der Waals surface area contributed by atoms with Gasteiger partial charge in [-0.25, -0.2) is 4.52 Å². The Balaban J connectivity index is 1.43. The first-order chi connectivity index (χ1) is 13.7. The molecule has 1 aromatic carbocycles. The van der Waals surface area contributed by atoms with Crippen molar-refractivity contribution in [1.82, 2.24) is 24.4 Å². The third-order valence-corrected chi connectivity index (χ3v) is 5.66. The summed E-state index contributed by atoms with van der Waals surface area (Å²) in [5.74, 6) is 0.692. The molecule has 0 fully saturated rings. The predicted molar refractivity (Wildman–Crippen MR) is 110 cm³/mol. The summed E-state index contributed by atoms with van der Waals surface area (Å²) < 4.78 is 3.98. The molecular formula is C22H24N6. The van der Waals surface area contributed by atoms with Crippen LogP contribution in [0.2, 0.25) is 0 Å². The van der Waals surface area contributed by atoms with E-state index in [1.165, 1.54) is 22.4 Å². The van der Waals surface area contributed by atoms with Gasteiger partial charge in [-0.2, -0.15) is 10.1 Å². The van der Waals surface area contributed by atoms with Crippen molar-refractivity contribution in [2.24, 2.45) is 0 Å². The Hall–Kier alpha value is -3.15. The van der Waals surface area contributed by atoms with Crippen molar-refractivity contribution in [3.63, 3.8) is 0 Å².